The van der Waals surface area contributed by atoms with E-state index in [-0.39, 0.29) is 22.7 Å². The third kappa shape index (κ3) is 3.73. The lowest BCUT2D eigenvalue weighted by molar-refractivity contribution is 0.340. The highest BCUT2D eigenvalue weighted by Gasteiger charge is 2.13. The Morgan fingerprint density at radius 2 is 1.93 bits per heavy atom. The summed E-state index contributed by atoms with van der Waals surface area (Å²) in [6, 6.07) is 11.4. The molecule has 0 aliphatic carbocycles. The molecule has 0 saturated heterocycles. The van der Waals surface area contributed by atoms with Crippen molar-refractivity contribution in [2.45, 2.75) is 13.5 Å². The molecule has 0 N–H and O–H groups in total. The minimum atomic E-state index is -0.456. The van der Waals surface area contributed by atoms with Crippen LogP contribution in [0.4, 0.5) is 4.39 Å². The van der Waals surface area contributed by atoms with Gasteiger partial charge >= 0.3 is 0 Å². The van der Waals surface area contributed by atoms with Gasteiger partial charge < -0.3 is 9.30 Å². The molecule has 4 rings (SSSR count). The van der Waals surface area contributed by atoms with Gasteiger partial charge in [-0.05, 0) is 43.3 Å². The summed E-state index contributed by atoms with van der Waals surface area (Å²) in [5.41, 5.74) is 1.67. The Morgan fingerprint density at radius 1 is 1.10 bits per heavy atom. The molecular weight excluding hydrogens is 416 g/mol. The quantitative estimate of drug-likeness (QED) is 0.443. The SMILES string of the molecule is CCOc1ccc(-c2cc3c(=O)n(Cc4c(F)cccc4Cl)ccn3n2)cc1Cl. The van der Waals surface area contributed by atoms with Gasteiger partial charge in [-0.3, -0.25) is 4.79 Å². The fourth-order valence-electron chi connectivity index (χ4n) is 3.08. The maximum atomic E-state index is 14.1. The molecule has 0 spiro atoms. The second kappa shape index (κ2) is 7.89. The normalized spacial score (nSPS) is 11.2. The zero-order valence-electron chi connectivity index (χ0n) is 15.4. The van der Waals surface area contributed by atoms with Crippen LogP contribution in [-0.4, -0.2) is 20.8 Å². The van der Waals surface area contributed by atoms with E-state index in [1.54, 1.807) is 36.7 Å². The van der Waals surface area contributed by atoms with Gasteiger partial charge in [-0.15, -0.1) is 0 Å². The van der Waals surface area contributed by atoms with E-state index in [1.165, 1.54) is 21.2 Å². The Bertz CT molecular complexity index is 1250. The predicted molar refractivity (Wildman–Crippen MR) is 112 cm³/mol. The summed E-state index contributed by atoms with van der Waals surface area (Å²) in [6.45, 7) is 2.42. The van der Waals surface area contributed by atoms with Crippen molar-refractivity contribution in [1.82, 2.24) is 14.2 Å². The van der Waals surface area contributed by atoms with Crippen molar-refractivity contribution in [3.8, 4) is 17.0 Å². The van der Waals surface area contributed by atoms with Gasteiger partial charge in [-0.1, -0.05) is 29.3 Å². The van der Waals surface area contributed by atoms with Crippen LogP contribution in [0.1, 0.15) is 12.5 Å². The molecule has 2 aromatic heterocycles. The summed E-state index contributed by atoms with van der Waals surface area (Å²) in [5.74, 6) is 0.133. The van der Waals surface area contributed by atoms with Crippen LogP contribution in [0.2, 0.25) is 10.0 Å². The predicted octanol–water partition coefficient (Wildman–Crippen LogP) is 5.06. The number of hydrogen-bond acceptors (Lipinski definition) is 3. The highest BCUT2D eigenvalue weighted by Crippen LogP contribution is 2.30. The molecule has 0 radical (unpaired) electrons. The molecule has 0 amide bonds. The Hall–Kier alpha value is -2.83. The molecule has 0 aliphatic heterocycles. The first-order valence-corrected chi connectivity index (χ1v) is 9.68. The zero-order valence-corrected chi connectivity index (χ0v) is 16.9. The first kappa shape index (κ1) is 19.5. The van der Waals surface area contributed by atoms with Gasteiger partial charge in [0.25, 0.3) is 5.56 Å². The van der Waals surface area contributed by atoms with Crippen molar-refractivity contribution < 1.29 is 9.13 Å². The Morgan fingerprint density at radius 3 is 2.66 bits per heavy atom. The van der Waals surface area contributed by atoms with E-state index < -0.39 is 5.82 Å². The van der Waals surface area contributed by atoms with Crippen molar-refractivity contribution in [2.24, 2.45) is 0 Å². The largest absolute Gasteiger partial charge is 0.492 e. The third-order valence-electron chi connectivity index (χ3n) is 4.52. The minimum absolute atomic E-state index is 0.0240. The number of benzene rings is 2. The number of halogens is 3. The number of nitrogens with zero attached hydrogens (tertiary/aromatic N) is 3. The molecular formula is C21H16Cl2FN3O2. The lowest BCUT2D eigenvalue weighted by atomic mass is 10.1. The lowest BCUT2D eigenvalue weighted by Crippen LogP contribution is -2.22. The molecule has 0 bridgehead atoms. The van der Waals surface area contributed by atoms with Crippen molar-refractivity contribution in [1.29, 1.82) is 0 Å². The Labute approximate surface area is 175 Å². The van der Waals surface area contributed by atoms with Gasteiger partial charge in [0.05, 0.1) is 23.9 Å². The van der Waals surface area contributed by atoms with Crippen molar-refractivity contribution in [3.63, 3.8) is 0 Å². The van der Waals surface area contributed by atoms with E-state index in [9.17, 15) is 9.18 Å². The highest BCUT2D eigenvalue weighted by molar-refractivity contribution is 6.32. The van der Waals surface area contributed by atoms with Crippen LogP contribution in [0, 0.1) is 5.82 Å². The smallest absolute Gasteiger partial charge is 0.276 e. The lowest BCUT2D eigenvalue weighted by Gasteiger charge is -2.08. The van der Waals surface area contributed by atoms with Gasteiger partial charge in [0.1, 0.15) is 17.1 Å². The van der Waals surface area contributed by atoms with E-state index >= 15 is 0 Å². The molecule has 0 saturated carbocycles. The van der Waals surface area contributed by atoms with Crippen LogP contribution in [0.5, 0.6) is 5.75 Å². The molecule has 2 heterocycles. The summed E-state index contributed by atoms with van der Waals surface area (Å²) in [4.78, 5) is 12.9. The van der Waals surface area contributed by atoms with Crippen LogP contribution < -0.4 is 10.3 Å². The van der Waals surface area contributed by atoms with Crippen molar-refractivity contribution in [2.75, 3.05) is 6.61 Å². The second-order valence-electron chi connectivity index (χ2n) is 6.37. The fourth-order valence-corrected chi connectivity index (χ4v) is 3.54. The molecule has 5 nitrogen and oxygen atoms in total. The Balaban J connectivity index is 1.73. The van der Waals surface area contributed by atoms with Gasteiger partial charge in [0, 0.05) is 28.5 Å². The summed E-state index contributed by atoms with van der Waals surface area (Å²) in [7, 11) is 0. The van der Waals surface area contributed by atoms with E-state index in [0.717, 1.165) is 5.56 Å². The van der Waals surface area contributed by atoms with Crippen molar-refractivity contribution >= 4 is 28.7 Å². The molecule has 0 fully saturated rings. The molecule has 0 atom stereocenters. The standard InChI is InChI=1S/C21H16Cl2FN3O2/c1-2-29-20-7-6-13(10-16(20)23)18-11-19-21(28)26(8-9-27(19)25-18)12-14-15(22)4-3-5-17(14)24/h3-11H,2,12H2,1H3. The van der Waals surface area contributed by atoms with Crippen LogP contribution >= 0.6 is 23.2 Å². The summed E-state index contributed by atoms with van der Waals surface area (Å²) < 4.78 is 22.4. The topological polar surface area (TPSA) is 48.5 Å². The molecule has 8 heteroatoms. The maximum Gasteiger partial charge on any atom is 0.276 e. The summed E-state index contributed by atoms with van der Waals surface area (Å²) >= 11 is 12.3. The van der Waals surface area contributed by atoms with Gasteiger partial charge in [-0.2, -0.15) is 5.10 Å². The first-order valence-electron chi connectivity index (χ1n) is 8.92. The van der Waals surface area contributed by atoms with Crippen LogP contribution in [0.15, 0.2) is 59.7 Å². The maximum absolute atomic E-state index is 14.1. The average molecular weight is 432 g/mol. The van der Waals surface area contributed by atoms with Crippen molar-refractivity contribution in [3.05, 3.63) is 86.6 Å². The number of ether oxygens (including phenoxy) is 1. The van der Waals surface area contributed by atoms with Gasteiger partial charge in [0.15, 0.2) is 0 Å². The molecule has 0 unspecified atom stereocenters. The number of fused-ring (bicyclic) bond motifs is 1. The monoisotopic (exact) mass is 431 g/mol. The first-order chi connectivity index (χ1) is 14.0. The van der Waals surface area contributed by atoms with E-state index in [0.29, 0.717) is 28.6 Å². The highest BCUT2D eigenvalue weighted by atomic mass is 35.5. The zero-order chi connectivity index (χ0) is 20.5. The molecule has 0 aliphatic rings. The van der Waals surface area contributed by atoms with Crippen LogP contribution in [-0.2, 0) is 6.54 Å². The fraction of sp³-hybridized carbons (Fsp3) is 0.143. The van der Waals surface area contributed by atoms with E-state index in [2.05, 4.69) is 5.10 Å². The molecule has 2 aromatic carbocycles. The van der Waals surface area contributed by atoms with E-state index in [1.807, 2.05) is 13.0 Å². The molecule has 148 valence electrons. The van der Waals surface area contributed by atoms with Gasteiger partial charge in [-0.25, -0.2) is 8.91 Å². The Kier molecular flexibility index (Phi) is 5.30. The van der Waals surface area contributed by atoms with Gasteiger partial charge in [0.2, 0.25) is 0 Å². The summed E-state index contributed by atoms with van der Waals surface area (Å²) in [6.07, 6.45) is 3.20. The number of aromatic nitrogens is 3. The second-order valence-corrected chi connectivity index (χ2v) is 7.18. The number of hydrogen-bond donors (Lipinski definition) is 0. The number of rotatable bonds is 5. The molecule has 29 heavy (non-hydrogen) atoms. The molecule has 4 aromatic rings. The van der Waals surface area contributed by atoms with Crippen LogP contribution in [0.3, 0.4) is 0 Å². The minimum Gasteiger partial charge on any atom is -0.492 e. The third-order valence-corrected chi connectivity index (χ3v) is 5.17. The average Bonchev–Trinajstić information content (AvgIpc) is 3.13. The van der Waals surface area contributed by atoms with Crippen LogP contribution in [0.25, 0.3) is 16.8 Å². The summed E-state index contributed by atoms with van der Waals surface area (Å²) in [5, 5.41) is 5.19. The van der Waals surface area contributed by atoms with E-state index in [4.69, 9.17) is 27.9 Å².